The summed E-state index contributed by atoms with van der Waals surface area (Å²) in [6.07, 6.45) is 2.28. The molecule has 1 amide bonds. The smallest absolute Gasteiger partial charge is 0.298 e. The number of rotatable bonds is 7. The third kappa shape index (κ3) is 4.86. The number of nitrogens with one attached hydrogen (secondary N) is 1. The molecule has 1 aromatic heterocycles. The fourth-order valence-electron chi connectivity index (χ4n) is 3.90. The van der Waals surface area contributed by atoms with Crippen molar-refractivity contribution in [3.63, 3.8) is 0 Å². The van der Waals surface area contributed by atoms with Gasteiger partial charge in [-0.1, -0.05) is 42.0 Å². The van der Waals surface area contributed by atoms with Gasteiger partial charge in [-0.3, -0.25) is 4.79 Å². The molecule has 2 atom stereocenters. The minimum Gasteiger partial charge on any atom is -0.497 e. The van der Waals surface area contributed by atoms with Gasteiger partial charge >= 0.3 is 0 Å². The van der Waals surface area contributed by atoms with Crippen LogP contribution in [0.4, 0.5) is 0 Å². The molecule has 0 aliphatic carbocycles. The van der Waals surface area contributed by atoms with Crippen LogP contribution in [0.15, 0.2) is 76.4 Å². The van der Waals surface area contributed by atoms with Gasteiger partial charge < -0.3 is 14.1 Å². The summed E-state index contributed by atoms with van der Waals surface area (Å²) in [5, 5.41) is 6.32. The van der Waals surface area contributed by atoms with Crippen LogP contribution in [0.25, 0.3) is 0 Å². The average molecular weight is 419 g/mol. The molecule has 0 saturated heterocycles. The minimum atomic E-state index is -0.219. The second-order valence-electron chi connectivity index (χ2n) is 8.05. The Kier molecular flexibility index (Phi) is 6.18. The summed E-state index contributed by atoms with van der Waals surface area (Å²) >= 11 is 0. The van der Waals surface area contributed by atoms with Crippen LogP contribution >= 0.6 is 0 Å². The number of hydrogen-bond donors (Lipinski definition) is 1. The van der Waals surface area contributed by atoms with Crippen molar-refractivity contribution in [3.8, 4) is 5.75 Å². The molecule has 6 heteroatoms. The Hall–Kier alpha value is -3.38. The zero-order valence-corrected chi connectivity index (χ0v) is 18.2. The van der Waals surface area contributed by atoms with Crippen molar-refractivity contribution >= 4 is 11.6 Å². The minimum absolute atomic E-state index is 0.0242. The second kappa shape index (κ2) is 9.18. The quantitative estimate of drug-likeness (QED) is 0.642. The van der Waals surface area contributed by atoms with E-state index >= 15 is 0 Å². The van der Waals surface area contributed by atoms with Crippen LogP contribution in [0.1, 0.15) is 34.9 Å². The summed E-state index contributed by atoms with van der Waals surface area (Å²) in [6, 6.07) is 19.7. The molecule has 3 aromatic rings. The number of hydrazone groups is 1. The number of amides is 1. The Bertz CT molecular complexity index is 1060. The number of methoxy groups -OCH3 is 1. The lowest BCUT2D eigenvalue weighted by Gasteiger charge is -2.22. The molecular weight excluding hydrogens is 390 g/mol. The maximum absolute atomic E-state index is 13.2. The number of ether oxygens (including phenoxy) is 1. The van der Waals surface area contributed by atoms with Gasteiger partial charge in [0.15, 0.2) is 6.54 Å². The molecule has 2 aromatic carbocycles. The molecule has 0 saturated carbocycles. The Morgan fingerprint density at radius 1 is 1.19 bits per heavy atom. The van der Waals surface area contributed by atoms with Gasteiger partial charge in [-0.2, -0.15) is 5.10 Å². The normalized spacial score (nSPS) is 16.8. The number of nitrogens with zero attached hydrogens (tertiary/aromatic N) is 2. The first kappa shape index (κ1) is 20.9. The van der Waals surface area contributed by atoms with E-state index in [9.17, 15) is 4.79 Å². The lowest BCUT2D eigenvalue weighted by Crippen LogP contribution is -3.08. The summed E-state index contributed by atoms with van der Waals surface area (Å²) in [6.45, 7) is 3.11. The van der Waals surface area contributed by atoms with Gasteiger partial charge in [0.2, 0.25) is 0 Å². The molecule has 160 valence electrons. The number of carbonyl (C=O) groups is 1. The van der Waals surface area contributed by atoms with Crippen molar-refractivity contribution in [3.05, 3.63) is 89.4 Å². The monoisotopic (exact) mass is 418 g/mol. The highest BCUT2D eigenvalue weighted by atomic mass is 16.5. The van der Waals surface area contributed by atoms with Crippen molar-refractivity contribution in [2.45, 2.75) is 25.9 Å². The maximum Gasteiger partial charge on any atom is 0.298 e. The fourth-order valence-corrected chi connectivity index (χ4v) is 3.90. The topological polar surface area (TPSA) is 59.5 Å². The third-order valence-electron chi connectivity index (χ3n) is 5.52. The van der Waals surface area contributed by atoms with Crippen LogP contribution in [0.2, 0.25) is 0 Å². The SMILES string of the molecule is COc1cccc(C[NH+](C)CC(=O)N2N=C(c3ccc(C)cc3)C[C@@H]2c2ccco2)c1. The Morgan fingerprint density at radius 3 is 2.71 bits per heavy atom. The zero-order chi connectivity index (χ0) is 21.8. The largest absolute Gasteiger partial charge is 0.497 e. The highest BCUT2D eigenvalue weighted by Crippen LogP contribution is 2.32. The van der Waals surface area contributed by atoms with Gasteiger partial charge in [-0.15, -0.1) is 0 Å². The summed E-state index contributed by atoms with van der Waals surface area (Å²) < 4.78 is 10.9. The average Bonchev–Trinajstić information content (AvgIpc) is 3.44. The van der Waals surface area contributed by atoms with E-state index in [0.717, 1.165) is 39.8 Å². The highest BCUT2D eigenvalue weighted by molar-refractivity contribution is 6.03. The molecular formula is C25H28N3O3+. The summed E-state index contributed by atoms with van der Waals surface area (Å²) in [7, 11) is 3.67. The first-order chi connectivity index (χ1) is 15.0. The van der Waals surface area contributed by atoms with Gasteiger partial charge in [0, 0.05) is 12.0 Å². The van der Waals surface area contributed by atoms with E-state index < -0.39 is 0 Å². The standard InChI is InChI=1S/C25H27N3O3/c1-18-9-11-20(12-10-18)22-15-23(24-8-5-13-31-24)28(26-22)25(29)17-27(2)16-19-6-4-7-21(14-19)30-3/h4-14,23H,15-17H2,1-3H3/p+1/t23-/m1/s1. The Balaban J connectivity index is 1.50. The lowest BCUT2D eigenvalue weighted by molar-refractivity contribution is -0.885. The number of hydrogen-bond acceptors (Lipinski definition) is 4. The maximum atomic E-state index is 13.2. The predicted octanol–water partition coefficient (Wildman–Crippen LogP) is 2.99. The van der Waals surface area contributed by atoms with Crippen molar-refractivity contribution in [1.82, 2.24) is 5.01 Å². The zero-order valence-electron chi connectivity index (χ0n) is 18.2. The number of carbonyl (C=O) groups excluding carboxylic acids is 1. The van der Waals surface area contributed by atoms with Crippen molar-refractivity contribution in [2.75, 3.05) is 20.7 Å². The second-order valence-corrected chi connectivity index (χ2v) is 8.05. The lowest BCUT2D eigenvalue weighted by atomic mass is 10.0. The van der Waals surface area contributed by atoms with Gasteiger partial charge in [0.25, 0.3) is 5.91 Å². The number of likely N-dealkylation sites (N-methyl/N-ethyl adjacent to an activating group) is 1. The van der Waals surface area contributed by atoms with E-state index in [4.69, 9.17) is 14.3 Å². The summed E-state index contributed by atoms with van der Waals surface area (Å²) in [5.41, 5.74) is 4.26. The van der Waals surface area contributed by atoms with Crippen LogP contribution in [-0.2, 0) is 11.3 Å². The summed E-state index contributed by atoms with van der Waals surface area (Å²) in [5.74, 6) is 1.55. The van der Waals surface area contributed by atoms with Crippen LogP contribution in [0, 0.1) is 6.92 Å². The molecule has 0 fully saturated rings. The molecule has 0 bridgehead atoms. The Morgan fingerprint density at radius 2 is 2.00 bits per heavy atom. The van der Waals surface area contributed by atoms with Crippen LogP contribution in [-0.4, -0.2) is 37.3 Å². The first-order valence-electron chi connectivity index (χ1n) is 10.5. The van der Waals surface area contributed by atoms with Gasteiger partial charge in [-0.05, 0) is 36.8 Å². The van der Waals surface area contributed by atoms with E-state index in [0.29, 0.717) is 13.0 Å². The molecule has 1 aliphatic heterocycles. The van der Waals surface area contributed by atoms with Gasteiger partial charge in [0.1, 0.15) is 24.1 Å². The summed E-state index contributed by atoms with van der Waals surface area (Å²) in [4.78, 5) is 14.3. The van der Waals surface area contributed by atoms with Crippen LogP contribution in [0.3, 0.4) is 0 Å². The molecule has 1 unspecified atom stereocenters. The molecule has 0 radical (unpaired) electrons. The van der Waals surface area contributed by atoms with E-state index in [1.807, 2.05) is 43.4 Å². The third-order valence-corrected chi connectivity index (χ3v) is 5.52. The molecule has 4 rings (SSSR count). The number of quaternary nitrogens is 1. The van der Waals surface area contributed by atoms with Gasteiger partial charge in [0.05, 0.1) is 26.1 Å². The van der Waals surface area contributed by atoms with Gasteiger partial charge in [-0.25, -0.2) is 5.01 Å². The fraction of sp³-hybridized carbons (Fsp3) is 0.280. The molecule has 1 N–H and O–H groups in total. The van der Waals surface area contributed by atoms with E-state index in [2.05, 4.69) is 31.2 Å². The predicted molar refractivity (Wildman–Crippen MR) is 119 cm³/mol. The number of benzene rings is 2. The first-order valence-corrected chi connectivity index (χ1v) is 10.5. The molecule has 6 nitrogen and oxygen atoms in total. The van der Waals surface area contributed by atoms with E-state index in [1.54, 1.807) is 18.4 Å². The highest BCUT2D eigenvalue weighted by Gasteiger charge is 2.35. The van der Waals surface area contributed by atoms with Crippen LogP contribution < -0.4 is 9.64 Å². The van der Waals surface area contributed by atoms with E-state index in [-0.39, 0.29) is 11.9 Å². The molecule has 1 aliphatic rings. The van der Waals surface area contributed by atoms with Crippen molar-refractivity contribution < 1.29 is 18.8 Å². The van der Waals surface area contributed by atoms with E-state index in [1.165, 1.54) is 5.56 Å². The Labute approximate surface area is 182 Å². The molecule has 2 heterocycles. The van der Waals surface area contributed by atoms with Crippen molar-refractivity contribution in [1.29, 1.82) is 0 Å². The number of furan rings is 1. The van der Waals surface area contributed by atoms with Crippen molar-refractivity contribution in [2.24, 2.45) is 5.10 Å². The molecule has 31 heavy (non-hydrogen) atoms. The molecule has 0 spiro atoms. The van der Waals surface area contributed by atoms with Crippen LogP contribution in [0.5, 0.6) is 5.75 Å². The number of aryl methyl sites for hydroxylation is 1.